The Kier molecular flexibility index (Phi) is 6.68. The van der Waals surface area contributed by atoms with E-state index in [0.717, 1.165) is 11.3 Å². The maximum Gasteiger partial charge on any atom is 0.344 e. The zero-order chi connectivity index (χ0) is 20.1. The van der Waals surface area contributed by atoms with Gasteiger partial charge in [-0.2, -0.15) is 5.10 Å². The van der Waals surface area contributed by atoms with E-state index >= 15 is 0 Å². The lowest BCUT2D eigenvalue weighted by Crippen LogP contribution is -2.23. The fourth-order valence-electron chi connectivity index (χ4n) is 2.23. The molecule has 0 radical (unpaired) electrons. The number of oxime groups is 1. The molecule has 0 bridgehead atoms. The van der Waals surface area contributed by atoms with Gasteiger partial charge in [0.15, 0.2) is 11.9 Å². The smallest absolute Gasteiger partial charge is 0.344 e. The SMILES string of the molecule is CCON=Cc1cc(Cl)c(Oc2c(C)c(C)nn2C)cc1O[C@@H](C)C(=O)O. The Morgan fingerprint density at radius 1 is 1.41 bits per heavy atom. The standard InChI is InChI=1S/C18H22ClN3O5/c1-6-25-20-9-13-7-14(19)16(8-15(13)26-12(4)18(23)24)27-17-10(2)11(3)21-22(17)5/h7-9,12H,6H2,1-5H3,(H,23,24)/t12-/m0/s1. The van der Waals surface area contributed by atoms with Crippen LogP contribution in [0.2, 0.25) is 5.02 Å². The first-order valence-electron chi connectivity index (χ1n) is 8.31. The van der Waals surface area contributed by atoms with Crippen molar-refractivity contribution < 1.29 is 24.2 Å². The number of hydrogen-bond donors (Lipinski definition) is 1. The number of aryl methyl sites for hydroxylation is 2. The van der Waals surface area contributed by atoms with Crippen LogP contribution in [0.4, 0.5) is 0 Å². The van der Waals surface area contributed by atoms with Crippen LogP contribution in [0.15, 0.2) is 17.3 Å². The predicted octanol–water partition coefficient (Wildman–Crippen LogP) is 3.70. The van der Waals surface area contributed by atoms with Crippen LogP contribution >= 0.6 is 11.6 Å². The Bertz CT molecular complexity index is 863. The van der Waals surface area contributed by atoms with Gasteiger partial charge < -0.3 is 19.4 Å². The largest absolute Gasteiger partial charge is 0.479 e. The third-order valence-electron chi connectivity index (χ3n) is 3.78. The van der Waals surface area contributed by atoms with E-state index in [9.17, 15) is 4.79 Å². The van der Waals surface area contributed by atoms with Gasteiger partial charge in [0, 0.05) is 24.2 Å². The molecule has 0 aliphatic heterocycles. The highest BCUT2D eigenvalue weighted by molar-refractivity contribution is 6.32. The van der Waals surface area contributed by atoms with E-state index in [1.807, 2.05) is 13.8 Å². The molecule has 0 unspecified atom stereocenters. The second-order valence-electron chi connectivity index (χ2n) is 5.81. The Balaban J connectivity index is 2.44. The molecule has 9 heteroatoms. The van der Waals surface area contributed by atoms with Crippen molar-refractivity contribution in [3.05, 3.63) is 34.0 Å². The quantitative estimate of drug-likeness (QED) is 0.540. The molecular formula is C18H22ClN3O5. The second kappa shape index (κ2) is 8.77. The third-order valence-corrected chi connectivity index (χ3v) is 4.07. The van der Waals surface area contributed by atoms with Gasteiger partial charge in [-0.05, 0) is 33.8 Å². The monoisotopic (exact) mass is 395 g/mol. The molecule has 2 rings (SSSR count). The van der Waals surface area contributed by atoms with Crippen molar-refractivity contribution in [2.24, 2.45) is 12.2 Å². The summed E-state index contributed by atoms with van der Waals surface area (Å²) in [7, 11) is 1.76. The Hall–Kier alpha value is -2.74. The third kappa shape index (κ3) is 4.91. The molecule has 1 atom stereocenters. The number of aromatic nitrogens is 2. The number of rotatable bonds is 8. The summed E-state index contributed by atoms with van der Waals surface area (Å²) < 4.78 is 13.1. The molecule has 0 aliphatic carbocycles. The zero-order valence-electron chi connectivity index (χ0n) is 15.8. The van der Waals surface area contributed by atoms with Gasteiger partial charge in [0.05, 0.1) is 16.9 Å². The summed E-state index contributed by atoms with van der Waals surface area (Å²) in [6.45, 7) is 7.38. The van der Waals surface area contributed by atoms with Gasteiger partial charge in [-0.1, -0.05) is 16.8 Å². The zero-order valence-corrected chi connectivity index (χ0v) is 16.6. The van der Waals surface area contributed by atoms with Gasteiger partial charge in [-0.25, -0.2) is 9.48 Å². The Morgan fingerprint density at radius 2 is 2.11 bits per heavy atom. The van der Waals surface area contributed by atoms with E-state index in [1.54, 1.807) is 24.7 Å². The van der Waals surface area contributed by atoms with E-state index in [0.29, 0.717) is 28.8 Å². The number of ether oxygens (including phenoxy) is 2. The summed E-state index contributed by atoms with van der Waals surface area (Å²) in [6.07, 6.45) is 0.335. The molecule has 1 heterocycles. The molecular weight excluding hydrogens is 374 g/mol. The van der Waals surface area contributed by atoms with Crippen molar-refractivity contribution in [2.75, 3.05) is 6.61 Å². The molecule has 0 saturated carbocycles. The maximum atomic E-state index is 11.2. The number of nitrogens with zero attached hydrogens (tertiary/aromatic N) is 3. The van der Waals surface area contributed by atoms with Gasteiger partial charge in [0.1, 0.15) is 12.4 Å². The predicted molar refractivity (Wildman–Crippen MR) is 101 cm³/mol. The van der Waals surface area contributed by atoms with Crippen LogP contribution in [0, 0.1) is 13.8 Å². The highest BCUT2D eigenvalue weighted by Gasteiger charge is 2.19. The number of aliphatic carboxylic acids is 1. The number of halogens is 1. The van der Waals surface area contributed by atoms with Crippen molar-refractivity contribution in [1.29, 1.82) is 0 Å². The highest BCUT2D eigenvalue weighted by atomic mass is 35.5. The summed E-state index contributed by atoms with van der Waals surface area (Å²) in [5, 5.41) is 17.5. The molecule has 0 saturated heterocycles. The van der Waals surface area contributed by atoms with Gasteiger partial charge in [0.25, 0.3) is 0 Å². The van der Waals surface area contributed by atoms with Crippen LogP contribution in [0.3, 0.4) is 0 Å². The highest BCUT2D eigenvalue weighted by Crippen LogP contribution is 2.36. The van der Waals surface area contributed by atoms with Crippen molar-refractivity contribution in [2.45, 2.75) is 33.8 Å². The van der Waals surface area contributed by atoms with Crippen LogP contribution in [0.5, 0.6) is 17.4 Å². The average Bonchev–Trinajstić information content (AvgIpc) is 2.84. The Morgan fingerprint density at radius 3 is 2.67 bits per heavy atom. The van der Waals surface area contributed by atoms with Crippen LogP contribution in [-0.2, 0) is 16.7 Å². The van der Waals surface area contributed by atoms with Crippen LogP contribution < -0.4 is 9.47 Å². The number of hydrogen-bond acceptors (Lipinski definition) is 6. The molecule has 146 valence electrons. The normalized spacial score (nSPS) is 12.2. The number of benzene rings is 1. The van der Waals surface area contributed by atoms with Gasteiger partial charge in [-0.15, -0.1) is 0 Å². The fourth-order valence-corrected chi connectivity index (χ4v) is 2.44. The minimum atomic E-state index is -1.10. The lowest BCUT2D eigenvalue weighted by atomic mass is 10.2. The first kappa shape index (κ1) is 20.6. The minimum absolute atomic E-state index is 0.254. The van der Waals surface area contributed by atoms with Crippen LogP contribution in [0.1, 0.15) is 30.7 Å². The molecule has 0 spiro atoms. The molecule has 2 aromatic rings. The summed E-state index contributed by atoms with van der Waals surface area (Å²) in [5.74, 6) is -0.00574. The first-order chi connectivity index (χ1) is 12.7. The van der Waals surface area contributed by atoms with Crippen molar-refractivity contribution in [1.82, 2.24) is 9.78 Å². The van der Waals surface area contributed by atoms with Crippen LogP contribution in [-0.4, -0.2) is 39.8 Å². The second-order valence-corrected chi connectivity index (χ2v) is 6.22. The summed E-state index contributed by atoms with van der Waals surface area (Å²) in [6, 6.07) is 3.10. The lowest BCUT2D eigenvalue weighted by Gasteiger charge is -2.16. The first-order valence-corrected chi connectivity index (χ1v) is 8.68. The van der Waals surface area contributed by atoms with E-state index in [2.05, 4.69) is 10.3 Å². The Labute approximate surface area is 162 Å². The molecule has 1 N–H and O–H groups in total. The van der Waals surface area contributed by atoms with Crippen molar-refractivity contribution in [3.63, 3.8) is 0 Å². The van der Waals surface area contributed by atoms with Crippen molar-refractivity contribution in [3.8, 4) is 17.4 Å². The summed E-state index contributed by atoms with van der Waals surface area (Å²) >= 11 is 6.35. The van der Waals surface area contributed by atoms with E-state index in [4.69, 9.17) is 31.0 Å². The number of carbonyl (C=O) groups is 1. The van der Waals surface area contributed by atoms with E-state index in [-0.39, 0.29) is 5.75 Å². The molecule has 0 aliphatic rings. The van der Waals surface area contributed by atoms with Gasteiger partial charge >= 0.3 is 5.97 Å². The lowest BCUT2D eigenvalue weighted by molar-refractivity contribution is -0.144. The molecule has 1 aromatic carbocycles. The van der Waals surface area contributed by atoms with Crippen LogP contribution in [0.25, 0.3) is 0 Å². The molecule has 8 nitrogen and oxygen atoms in total. The molecule has 0 amide bonds. The minimum Gasteiger partial charge on any atom is -0.479 e. The topological polar surface area (TPSA) is 95.2 Å². The van der Waals surface area contributed by atoms with E-state index < -0.39 is 12.1 Å². The fraction of sp³-hybridized carbons (Fsp3) is 0.389. The summed E-state index contributed by atoms with van der Waals surface area (Å²) in [4.78, 5) is 16.1. The van der Waals surface area contributed by atoms with Gasteiger partial charge in [-0.3, -0.25) is 0 Å². The summed E-state index contributed by atoms with van der Waals surface area (Å²) in [5.41, 5.74) is 2.17. The van der Waals surface area contributed by atoms with Crippen molar-refractivity contribution >= 4 is 23.8 Å². The number of carboxylic acids is 1. The molecule has 27 heavy (non-hydrogen) atoms. The number of carboxylic acid groups (broad SMARTS) is 1. The molecule has 0 fully saturated rings. The average molecular weight is 396 g/mol. The van der Waals surface area contributed by atoms with Gasteiger partial charge in [0.2, 0.25) is 5.88 Å². The maximum absolute atomic E-state index is 11.2. The van der Waals surface area contributed by atoms with E-state index in [1.165, 1.54) is 19.2 Å². The molecule has 1 aromatic heterocycles.